The average Bonchev–Trinajstić information content (AvgIpc) is 2.98. The van der Waals surface area contributed by atoms with E-state index >= 15 is 0 Å². The third-order valence-electron chi connectivity index (χ3n) is 3.67. The van der Waals surface area contributed by atoms with Crippen molar-refractivity contribution in [2.75, 3.05) is 26.2 Å². The lowest BCUT2D eigenvalue weighted by atomic mass is 10.0. The van der Waals surface area contributed by atoms with Crippen LogP contribution in [0.4, 0.5) is 0 Å². The van der Waals surface area contributed by atoms with E-state index in [2.05, 4.69) is 22.5 Å². The summed E-state index contributed by atoms with van der Waals surface area (Å²) in [6, 6.07) is 4.42. The first-order valence-corrected chi connectivity index (χ1v) is 7.52. The molecule has 1 saturated heterocycles. The van der Waals surface area contributed by atoms with Crippen molar-refractivity contribution < 1.29 is 9.21 Å². The molecule has 0 bridgehead atoms. The van der Waals surface area contributed by atoms with Gasteiger partial charge in [-0.3, -0.25) is 9.69 Å². The van der Waals surface area contributed by atoms with Crippen LogP contribution in [0.1, 0.15) is 31.9 Å². The van der Waals surface area contributed by atoms with Gasteiger partial charge in [-0.25, -0.2) is 0 Å². The van der Waals surface area contributed by atoms with Gasteiger partial charge in [0.05, 0.1) is 19.4 Å². The molecule has 2 heterocycles. The number of nitrogens with one attached hydrogen (secondary N) is 2. The fraction of sp³-hybridized carbons (Fsp3) is 0.667. The number of hydrogen-bond acceptors (Lipinski definition) is 4. The number of carbonyl (C=O) groups excluding carboxylic acids is 1. The van der Waals surface area contributed by atoms with Gasteiger partial charge in [-0.1, -0.05) is 6.92 Å². The number of likely N-dealkylation sites (tertiary alicyclic amines) is 1. The minimum Gasteiger partial charge on any atom is -0.468 e. The summed E-state index contributed by atoms with van der Waals surface area (Å²) in [6.07, 6.45) is 4.86. The second kappa shape index (κ2) is 8.07. The fourth-order valence-electron chi connectivity index (χ4n) is 2.48. The standard InChI is InChI=1S/C15H25N3O2/c1-2-7-16-15(19)12-18-8-5-13(6-9-18)17-11-14-4-3-10-20-14/h3-4,10,13,17H,2,5-9,11-12H2,1H3,(H,16,19). The number of amides is 1. The highest BCUT2D eigenvalue weighted by Crippen LogP contribution is 2.11. The SMILES string of the molecule is CCCNC(=O)CN1CCC(NCc2ccco2)CC1. The van der Waals surface area contributed by atoms with Crippen LogP contribution >= 0.6 is 0 Å². The van der Waals surface area contributed by atoms with Crippen molar-refractivity contribution in [2.45, 2.75) is 38.8 Å². The van der Waals surface area contributed by atoms with Crippen molar-refractivity contribution in [3.63, 3.8) is 0 Å². The quantitative estimate of drug-likeness (QED) is 0.791. The van der Waals surface area contributed by atoms with E-state index in [-0.39, 0.29) is 5.91 Å². The summed E-state index contributed by atoms with van der Waals surface area (Å²) in [5.74, 6) is 1.13. The molecule has 2 rings (SSSR count). The van der Waals surface area contributed by atoms with Gasteiger partial charge in [0.25, 0.3) is 0 Å². The molecule has 1 amide bonds. The molecule has 0 radical (unpaired) electrons. The Morgan fingerprint density at radius 1 is 1.45 bits per heavy atom. The Labute approximate surface area is 120 Å². The van der Waals surface area contributed by atoms with Crippen LogP contribution in [0.2, 0.25) is 0 Å². The number of carbonyl (C=O) groups is 1. The first-order chi connectivity index (χ1) is 9.78. The maximum Gasteiger partial charge on any atom is 0.234 e. The van der Waals surface area contributed by atoms with Gasteiger partial charge in [0.1, 0.15) is 5.76 Å². The number of nitrogens with zero attached hydrogens (tertiary/aromatic N) is 1. The van der Waals surface area contributed by atoms with E-state index in [1.54, 1.807) is 6.26 Å². The number of rotatable bonds is 7. The topological polar surface area (TPSA) is 57.5 Å². The van der Waals surface area contributed by atoms with Crippen molar-refractivity contribution in [3.8, 4) is 0 Å². The molecule has 1 aromatic rings. The first kappa shape index (κ1) is 15.1. The molecule has 1 fully saturated rings. The Hall–Kier alpha value is -1.33. The molecule has 2 N–H and O–H groups in total. The van der Waals surface area contributed by atoms with Crippen LogP contribution in [0.25, 0.3) is 0 Å². The fourth-order valence-corrected chi connectivity index (χ4v) is 2.48. The van der Waals surface area contributed by atoms with Gasteiger partial charge in [0, 0.05) is 25.7 Å². The van der Waals surface area contributed by atoms with E-state index < -0.39 is 0 Å². The Kier molecular flexibility index (Phi) is 6.08. The zero-order chi connectivity index (χ0) is 14.2. The smallest absolute Gasteiger partial charge is 0.234 e. The summed E-state index contributed by atoms with van der Waals surface area (Å²) in [6.45, 7) is 6.13. The third kappa shape index (κ3) is 4.98. The van der Waals surface area contributed by atoms with Crippen molar-refractivity contribution >= 4 is 5.91 Å². The summed E-state index contributed by atoms with van der Waals surface area (Å²) in [4.78, 5) is 13.9. The summed E-state index contributed by atoms with van der Waals surface area (Å²) in [5.41, 5.74) is 0. The van der Waals surface area contributed by atoms with Gasteiger partial charge >= 0.3 is 0 Å². The molecule has 112 valence electrons. The molecule has 5 heteroatoms. The molecular formula is C15H25N3O2. The first-order valence-electron chi connectivity index (χ1n) is 7.52. The zero-order valence-electron chi connectivity index (χ0n) is 12.2. The van der Waals surface area contributed by atoms with E-state index in [0.717, 1.165) is 51.2 Å². The predicted octanol–water partition coefficient (Wildman–Crippen LogP) is 1.36. The molecule has 0 aromatic carbocycles. The molecular weight excluding hydrogens is 254 g/mol. The van der Waals surface area contributed by atoms with E-state index in [9.17, 15) is 4.79 Å². The molecule has 20 heavy (non-hydrogen) atoms. The predicted molar refractivity (Wildman–Crippen MR) is 78.3 cm³/mol. The highest BCUT2D eigenvalue weighted by Gasteiger charge is 2.20. The molecule has 1 aromatic heterocycles. The van der Waals surface area contributed by atoms with E-state index in [0.29, 0.717) is 12.6 Å². The molecule has 1 aliphatic heterocycles. The van der Waals surface area contributed by atoms with Gasteiger partial charge in [0.15, 0.2) is 0 Å². The second-order valence-electron chi connectivity index (χ2n) is 5.36. The summed E-state index contributed by atoms with van der Waals surface area (Å²) in [5, 5.41) is 6.44. The molecule has 0 spiro atoms. The largest absolute Gasteiger partial charge is 0.468 e. The average molecular weight is 279 g/mol. The molecule has 0 saturated carbocycles. The van der Waals surface area contributed by atoms with Crippen LogP contribution in [0.15, 0.2) is 22.8 Å². The van der Waals surface area contributed by atoms with Crippen LogP contribution in [0.3, 0.4) is 0 Å². The Morgan fingerprint density at radius 2 is 2.25 bits per heavy atom. The molecule has 5 nitrogen and oxygen atoms in total. The van der Waals surface area contributed by atoms with Gasteiger partial charge in [0.2, 0.25) is 5.91 Å². The highest BCUT2D eigenvalue weighted by atomic mass is 16.3. The van der Waals surface area contributed by atoms with Crippen molar-refractivity contribution in [2.24, 2.45) is 0 Å². The van der Waals surface area contributed by atoms with Crippen LogP contribution in [0, 0.1) is 0 Å². The summed E-state index contributed by atoms with van der Waals surface area (Å²) in [7, 11) is 0. The normalized spacial score (nSPS) is 17.2. The van der Waals surface area contributed by atoms with Crippen molar-refractivity contribution in [1.29, 1.82) is 0 Å². The Bertz CT molecular complexity index is 384. The van der Waals surface area contributed by atoms with Crippen LogP contribution in [-0.2, 0) is 11.3 Å². The van der Waals surface area contributed by atoms with Crippen LogP contribution < -0.4 is 10.6 Å². The maximum absolute atomic E-state index is 11.7. The summed E-state index contributed by atoms with van der Waals surface area (Å²) >= 11 is 0. The molecule has 0 aliphatic carbocycles. The minimum absolute atomic E-state index is 0.147. The minimum atomic E-state index is 0.147. The molecule has 0 atom stereocenters. The lowest BCUT2D eigenvalue weighted by molar-refractivity contribution is -0.122. The second-order valence-corrected chi connectivity index (χ2v) is 5.36. The lowest BCUT2D eigenvalue weighted by Crippen LogP contribution is -2.46. The summed E-state index contributed by atoms with van der Waals surface area (Å²) < 4.78 is 5.31. The highest BCUT2D eigenvalue weighted by molar-refractivity contribution is 5.77. The van der Waals surface area contributed by atoms with E-state index in [4.69, 9.17) is 4.42 Å². The number of piperidine rings is 1. The molecule has 0 unspecified atom stereocenters. The monoisotopic (exact) mass is 279 g/mol. The third-order valence-corrected chi connectivity index (χ3v) is 3.67. The van der Waals surface area contributed by atoms with Crippen LogP contribution in [-0.4, -0.2) is 43.0 Å². The Balaban J connectivity index is 1.61. The number of furan rings is 1. The van der Waals surface area contributed by atoms with Gasteiger partial charge in [-0.2, -0.15) is 0 Å². The van der Waals surface area contributed by atoms with Gasteiger partial charge < -0.3 is 15.1 Å². The van der Waals surface area contributed by atoms with Crippen molar-refractivity contribution in [1.82, 2.24) is 15.5 Å². The Morgan fingerprint density at radius 3 is 2.90 bits per heavy atom. The van der Waals surface area contributed by atoms with E-state index in [1.807, 2.05) is 12.1 Å². The zero-order valence-corrected chi connectivity index (χ0v) is 12.2. The lowest BCUT2D eigenvalue weighted by Gasteiger charge is -2.31. The van der Waals surface area contributed by atoms with Gasteiger partial charge in [-0.05, 0) is 31.4 Å². The van der Waals surface area contributed by atoms with Gasteiger partial charge in [-0.15, -0.1) is 0 Å². The van der Waals surface area contributed by atoms with E-state index in [1.165, 1.54) is 0 Å². The maximum atomic E-state index is 11.7. The number of hydrogen-bond donors (Lipinski definition) is 2. The molecule has 1 aliphatic rings. The van der Waals surface area contributed by atoms with Crippen molar-refractivity contribution in [3.05, 3.63) is 24.2 Å². The van der Waals surface area contributed by atoms with Crippen LogP contribution in [0.5, 0.6) is 0 Å².